The highest BCUT2D eigenvalue weighted by Crippen LogP contribution is 2.25. The van der Waals surface area contributed by atoms with E-state index in [-0.39, 0.29) is 28.3 Å². The molecule has 8 nitrogen and oxygen atoms in total. The van der Waals surface area contributed by atoms with Crippen LogP contribution >= 0.6 is 11.8 Å². The zero-order chi connectivity index (χ0) is 22.7. The third-order valence-electron chi connectivity index (χ3n) is 5.36. The van der Waals surface area contributed by atoms with E-state index in [4.69, 9.17) is 0 Å². The smallest absolute Gasteiger partial charge is 0.333 e. The number of hydrogen-bond donors (Lipinski definition) is 1. The van der Waals surface area contributed by atoms with Crippen molar-refractivity contribution < 1.29 is 14.3 Å². The van der Waals surface area contributed by atoms with E-state index < -0.39 is 22.9 Å². The molecule has 1 amide bonds. The summed E-state index contributed by atoms with van der Waals surface area (Å²) in [5.41, 5.74) is -1.25. The van der Waals surface area contributed by atoms with Crippen LogP contribution in [0.4, 0.5) is 10.1 Å². The van der Waals surface area contributed by atoms with Crippen LogP contribution in [0, 0.1) is 5.82 Å². The molecule has 2 heterocycles. The third-order valence-corrected chi connectivity index (χ3v) is 6.32. The first-order chi connectivity index (χ1) is 14.7. The number of nitrogens with zero attached hydrogens (tertiary/aromatic N) is 4. The van der Waals surface area contributed by atoms with Gasteiger partial charge in [-0.05, 0) is 50.5 Å². The molecule has 1 saturated heterocycles. The molecule has 1 aliphatic heterocycles. The number of aromatic hydroxyl groups is 1. The van der Waals surface area contributed by atoms with Crippen molar-refractivity contribution >= 4 is 28.4 Å². The van der Waals surface area contributed by atoms with Crippen molar-refractivity contribution in [2.45, 2.75) is 32.2 Å². The van der Waals surface area contributed by atoms with Crippen LogP contribution in [0.2, 0.25) is 0 Å². The molecular formula is C21H25FN4O4S. The van der Waals surface area contributed by atoms with Crippen molar-refractivity contribution in [1.82, 2.24) is 14.0 Å². The highest BCUT2D eigenvalue weighted by Gasteiger charge is 2.26. The van der Waals surface area contributed by atoms with Crippen molar-refractivity contribution in [1.29, 1.82) is 0 Å². The Kier molecular flexibility index (Phi) is 6.99. The van der Waals surface area contributed by atoms with Gasteiger partial charge in [-0.2, -0.15) is 0 Å². The molecule has 1 aliphatic rings. The molecule has 1 aromatic carbocycles. The fourth-order valence-corrected chi connectivity index (χ4v) is 4.41. The topological polar surface area (TPSA) is 96.9 Å². The Morgan fingerprint density at radius 1 is 1.19 bits per heavy atom. The lowest BCUT2D eigenvalue weighted by atomic mass is 10.0. The van der Waals surface area contributed by atoms with Gasteiger partial charge in [0.1, 0.15) is 16.4 Å². The van der Waals surface area contributed by atoms with Gasteiger partial charge in [-0.25, -0.2) is 14.2 Å². The van der Waals surface area contributed by atoms with Gasteiger partial charge in [0.25, 0.3) is 5.56 Å². The van der Waals surface area contributed by atoms with Crippen LogP contribution in [0.15, 0.2) is 38.8 Å². The van der Waals surface area contributed by atoms with E-state index in [0.717, 1.165) is 40.2 Å². The van der Waals surface area contributed by atoms with E-state index in [9.17, 15) is 23.9 Å². The summed E-state index contributed by atoms with van der Waals surface area (Å²) in [5, 5.41) is 10.6. The van der Waals surface area contributed by atoms with Gasteiger partial charge >= 0.3 is 5.69 Å². The van der Waals surface area contributed by atoms with Crippen molar-refractivity contribution in [3.63, 3.8) is 0 Å². The largest absolute Gasteiger partial charge is 0.494 e. The lowest BCUT2D eigenvalue weighted by Gasteiger charge is -2.33. The second-order valence-electron chi connectivity index (χ2n) is 7.52. The predicted octanol–water partition coefficient (Wildman–Crippen LogP) is 2.14. The molecule has 31 heavy (non-hydrogen) atoms. The summed E-state index contributed by atoms with van der Waals surface area (Å²) < 4.78 is 15.1. The van der Waals surface area contributed by atoms with Gasteiger partial charge in [0, 0.05) is 26.7 Å². The average molecular weight is 449 g/mol. The number of amides is 1. The van der Waals surface area contributed by atoms with Gasteiger partial charge in [-0.15, -0.1) is 0 Å². The van der Waals surface area contributed by atoms with Crippen molar-refractivity contribution in [2.24, 2.45) is 19.1 Å². The van der Waals surface area contributed by atoms with Crippen molar-refractivity contribution in [3.8, 4) is 5.88 Å². The quantitative estimate of drug-likeness (QED) is 0.571. The lowest BCUT2D eigenvalue weighted by Crippen LogP contribution is -2.43. The minimum atomic E-state index is -0.729. The normalized spacial score (nSPS) is 17.1. The molecule has 1 aromatic heterocycles. The van der Waals surface area contributed by atoms with Gasteiger partial charge in [-0.1, -0.05) is 11.8 Å². The van der Waals surface area contributed by atoms with Crippen molar-refractivity contribution in [2.75, 3.05) is 12.3 Å². The molecule has 0 aliphatic carbocycles. The summed E-state index contributed by atoms with van der Waals surface area (Å²) in [7, 11) is 2.63. The molecule has 0 bridgehead atoms. The van der Waals surface area contributed by atoms with Gasteiger partial charge in [0.2, 0.25) is 11.8 Å². The number of hydrogen-bond acceptors (Lipinski definition) is 6. The standard InChI is InChI=1S/C21H25FN4O4S/c1-13-6-4-5-11-26(13)16(27)12-31-18(23-15-9-7-14(22)8-10-15)17-19(28)24(2)21(30)25(3)20(17)29/h7-10,13,28H,4-6,11-12H2,1-3H3. The van der Waals surface area contributed by atoms with E-state index in [1.54, 1.807) is 0 Å². The molecule has 1 unspecified atom stereocenters. The third kappa shape index (κ3) is 4.90. The number of likely N-dealkylation sites (tertiary alicyclic amines) is 1. The lowest BCUT2D eigenvalue weighted by molar-refractivity contribution is -0.131. The predicted molar refractivity (Wildman–Crippen MR) is 119 cm³/mol. The highest BCUT2D eigenvalue weighted by atomic mass is 32.2. The summed E-state index contributed by atoms with van der Waals surface area (Å²) in [6, 6.07) is 5.43. The maximum Gasteiger partial charge on any atom is 0.333 e. The fourth-order valence-electron chi connectivity index (χ4n) is 3.50. The molecule has 0 spiro atoms. The number of halogens is 1. The Bertz CT molecular complexity index is 1120. The minimum Gasteiger partial charge on any atom is -0.494 e. The van der Waals surface area contributed by atoms with Crippen LogP contribution in [0.3, 0.4) is 0 Å². The SMILES string of the molecule is CC1CCCCN1C(=O)CSC(=Nc1ccc(F)cc1)c1c(O)n(C)c(=O)n(C)c1=O. The van der Waals surface area contributed by atoms with E-state index in [0.29, 0.717) is 12.2 Å². The molecule has 2 aromatic rings. The zero-order valence-electron chi connectivity index (χ0n) is 17.7. The second-order valence-corrected chi connectivity index (χ2v) is 8.48. The summed E-state index contributed by atoms with van der Waals surface area (Å²) in [6.45, 7) is 2.68. The minimum absolute atomic E-state index is 0.00973. The highest BCUT2D eigenvalue weighted by molar-refractivity contribution is 8.15. The fraction of sp³-hybridized carbons (Fsp3) is 0.429. The summed E-state index contributed by atoms with van der Waals surface area (Å²) in [4.78, 5) is 43.9. The Balaban J connectivity index is 2.01. The zero-order valence-corrected chi connectivity index (χ0v) is 18.5. The molecule has 3 rings (SSSR count). The Hall–Kier alpha value is -2.88. The molecule has 1 N–H and O–H groups in total. The van der Waals surface area contributed by atoms with E-state index in [1.165, 1.54) is 38.4 Å². The van der Waals surface area contributed by atoms with Gasteiger partial charge in [-0.3, -0.25) is 18.7 Å². The summed E-state index contributed by atoms with van der Waals surface area (Å²) in [6.07, 6.45) is 2.96. The number of thioether (sulfide) groups is 1. The molecule has 1 fully saturated rings. The maximum atomic E-state index is 13.3. The average Bonchev–Trinajstić information content (AvgIpc) is 2.76. The molecule has 1 atom stereocenters. The molecule has 10 heteroatoms. The Morgan fingerprint density at radius 3 is 2.52 bits per heavy atom. The van der Waals surface area contributed by atoms with Gasteiger partial charge in [0.15, 0.2) is 0 Å². The number of rotatable bonds is 4. The molecule has 0 saturated carbocycles. The van der Waals surface area contributed by atoms with E-state index in [2.05, 4.69) is 4.99 Å². The van der Waals surface area contributed by atoms with Gasteiger partial charge < -0.3 is 10.0 Å². The monoisotopic (exact) mass is 448 g/mol. The molecule has 166 valence electrons. The van der Waals surface area contributed by atoms with Crippen LogP contribution < -0.4 is 11.2 Å². The van der Waals surface area contributed by atoms with Crippen LogP contribution in [-0.4, -0.2) is 48.4 Å². The number of carbonyl (C=O) groups excluding carboxylic acids is 1. The van der Waals surface area contributed by atoms with E-state index >= 15 is 0 Å². The number of carbonyl (C=O) groups is 1. The first-order valence-electron chi connectivity index (χ1n) is 9.96. The number of benzene rings is 1. The molecule has 0 radical (unpaired) electrons. The summed E-state index contributed by atoms with van der Waals surface area (Å²) >= 11 is 1.01. The first kappa shape index (κ1) is 22.8. The second kappa shape index (κ2) is 9.51. The van der Waals surface area contributed by atoms with Crippen LogP contribution in [-0.2, 0) is 18.9 Å². The Morgan fingerprint density at radius 2 is 1.87 bits per heavy atom. The van der Waals surface area contributed by atoms with Gasteiger partial charge in [0.05, 0.1) is 11.4 Å². The molecular weight excluding hydrogens is 423 g/mol. The Labute approximate surface area is 183 Å². The number of piperidine rings is 1. The maximum absolute atomic E-state index is 13.3. The summed E-state index contributed by atoms with van der Waals surface area (Å²) in [5.74, 6) is -1.07. The van der Waals surface area contributed by atoms with Crippen LogP contribution in [0.1, 0.15) is 31.7 Å². The van der Waals surface area contributed by atoms with Crippen LogP contribution in [0.25, 0.3) is 0 Å². The van der Waals surface area contributed by atoms with Crippen LogP contribution in [0.5, 0.6) is 5.88 Å². The number of aliphatic imine (C=N–C) groups is 1. The number of aromatic nitrogens is 2. The van der Waals surface area contributed by atoms with E-state index in [1.807, 2.05) is 11.8 Å². The first-order valence-corrected chi connectivity index (χ1v) is 10.9. The van der Waals surface area contributed by atoms with Crippen molar-refractivity contribution in [3.05, 3.63) is 56.5 Å².